The molecule has 1 saturated heterocycles. The average Bonchev–Trinajstić information content (AvgIpc) is 3.39. The number of hydrogen-bond acceptors (Lipinski definition) is 4. The largest absolute Gasteiger partial charge is 0.435 e. The van der Waals surface area contributed by atoms with Gasteiger partial charge >= 0.3 is 6.18 Å². The summed E-state index contributed by atoms with van der Waals surface area (Å²) in [4.78, 5) is 25.9. The van der Waals surface area contributed by atoms with Crippen LogP contribution in [0.25, 0.3) is 5.69 Å². The second-order valence-corrected chi connectivity index (χ2v) is 7.17. The molecule has 0 aliphatic carbocycles. The van der Waals surface area contributed by atoms with Crippen LogP contribution in [-0.2, 0) is 17.5 Å². The summed E-state index contributed by atoms with van der Waals surface area (Å²) < 4.78 is 54.9. The summed E-state index contributed by atoms with van der Waals surface area (Å²) in [5.41, 5.74) is -1.18. The molecule has 0 bridgehead atoms. The van der Waals surface area contributed by atoms with E-state index in [-0.39, 0.29) is 18.1 Å². The smallest absolute Gasteiger partial charge is 0.346 e. The van der Waals surface area contributed by atoms with Crippen LogP contribution in [0.5, 0.6) is 0 Å². The maximum atomic E-state index is 13.7. The molecular weight excluding hydrogens is 430 g/mol. The van der Waals surface area contributed by atoms with Crippen molar-refractivity contribution in [2.24, 2.45) is 0 Å². The highest BCUT2D eigenvalue weighted by Gasteiger charge is 2.42. The minimum absolute atomic E-state index is 0.0344. The molecule has 32 heavy (non-hydrogen) atoms. The van der Waals surface area contributed by atoms with Gasteiger partial charge in [-0.05, 0) is 42.3 Å². The van der Waals surface area contributed by atoms with E-state index in [2.05, 4.69) is 15.6 Å². The first kappa shape index (κ1) is 21.5. The lowest BCUT2D eigenvalue weighted by Gasteiger charge is -2.16. The molecule has 0 saturated carbocycles. The van der Waals surface area contributed by atoms with Crippen LogP contribution in [0.2, 0.25) is 0 Å². The van der Waals surface area contributed by atoms with Crippen LogP contribution in [0.3, 0.4) is 0 Å². The van der Waals surface area contributed by atoms with E-state index in [4.69, 9.17) is 0 Å². The van der Waals surface area contributed by atoms with E-state index in [1.807, 2.05) is 0 Å². The first-order valence-electron chi connectivity index (χ1n) is 9.70. The Labute approximate surface area is 179 Å². The number of rotatable bonds is 5. The number of benzene rings is 2. The van der Waals surface area contributed by atoms with Gasteiger partial charge in [0.05, 0.1) is 5.69 Å². The molecule has 1 aliphatic rings. The predicted molar refractivity (Wildman–Crippen MR) is 106 cm³/mol. The van der Waals surface area contributed by atoms with Gasteiger partial charge in [-0.1, -0.05) is 23.4 Å². The van der Waals surface area contributed by atoms with Gasteiger partial charge in [-0.3, -0.25) is 9.59 Å². The molecule has 166 valence electrons. The van der Waals surface area contributed by atoms with Crippen LogP contribution in [0.1, 0.15) is 34.6 Å². The summed E-state index contributed by atoms with van der Waals surface area (Å²) in [6.45, 7) is 0.577. The van der Waals surface area contributed by atoms with Crippen molar-refractivity contribution in [1.29, 1.82) is 0 Å². The number of hydrogen-bond donors (Lipinski definition) is 1. The van der Waals surface area contributed by atoms with Crippen molar-refractivity contribution in [3.05, 3.63) is 71.3 Å². The van der Waals surface area contributed by atoms with E-state index in [9.17, 15) is 27.2 Å². The zero-order valence-electron chi connectivity index (χ0n) is 16.6. The first-order chi connectivity index (χ1) is 15.2. The van der Waals surface area contributed by atoms with Gasteiger partial charge in [0.2, 0.25) is 5.91 Å². The number of nitrogens with one attached hydrogen (secondary N) is 1. The average molecular weight is 447 g/mol. The highest BCUT2D eigenvalue weighted by Crippen LogP contribution is 2.33. The Hall–Kier alpha value is -3.76. The Morgan fingerprint density at radius 3 is 2.47 bits per heavy atom. The normalized spacial score (nSPS) is 14.1. The molecule has 2 aromatic carbocycles. The molecule has 1 N–H and O–H groups in total. The maximum Gasteiger partial charge on any atom is 0.435 e. The Bertz CT molecular complexity index is 1160. The zero-order valence-corrected chi connectivity index (χ0v) is 16.6. The van der Waals surface area contributed by atoms with E-state index in [0.29, 0.717) is 23.2 Å². The van der Waals surface area contributed by atoms with Gasteiger partial charge in [-0.25, -0.2) is 9.07 Å². The van der Waals surface area contributed by atoms with Crippen molar-refractivity contribution in [2.45, 2.75) is 25.6 Å². The molecule has 2 heterocycles. The molecule has 0 atom stereocenters. The molecule has 0 spiro atoms. The molecule has 0 unspecified atom stereocenters. The van der Waals surface area contributed by atoms with Crippen molar-refractivity contribution in [3.8, 4) is 5.69 Å². The third-order valence-corrected chi connectivity index (χ3v) is 4.98. The molecule has 2 amide bonds. The van der Waals surface area contributed by atoms with E-state index < -0.39 is 29.3 Å². The summed E-state index contributed by atoms with van der Waals surface area (Å²) in [5, 5.41) is 9.20. The Morgan fingerprint density at radius 1 is 1.09 bits per heavy atom. The van der Waals surface area contributed by atoms with Crippen LogP contribution >= 0.6 is 0 Å². The Kier molecular flexibility index (Phi) is 5.64. The lowest BCUT2D eigenvalue weighted by atomic mass is 10.2. The van der Waals surface area contributed by atoms with Gasteiger partial charge < -0.3 is 10.2 Å². The van der Waals surface area contributed by atoms with E-state index >= 15 is 0 Å². The molecule has 4 rings (SSSR count). The van der Waals surface area contributed by atoms with Gasteiger partial charge in [-0.2, -0.15) is 13.2 Å². The SMILES string of the molecule is O=C(NCc1ccc(N2CCCC2=O)cc1)c1nnn(-c2cccc(F)c2)c1C(F)(F)F. The number of carbonyl (C=O) groups is 2. The van der Waals surface area contributed by atoms with Gasteiger partial charge in [0.25, 0.3) is 5.91 Å². The van der Waals surface area contributed by atoms with Crippen LogP contribution in [0, 0.1) is 5.82 Å². The fourth-order valence-electron chi connectivity index (χ4n) is 3.46. The summed E-state index contributed by atoms with van der Waals surface area (Å²) in [6, 6.07) is 11.2. The number of amides is 2. The second-order valence-electron chi connectivity index (χ2n) is 7.17. The number of carbonyl (C=O) groups excluding carboxylic acids is 2. The van der Waals surface area contributed by atoms with Crippen LogP contribution in [0.15, 0.2) is 48.5 Å². The lowest BCUT2D eigenvalue weighted by molar-refractivity contribution is -0.143. The number of halogens is 4. The van der Waals surface area contributed by atoms with E-state index in [0.717, 1.165) is 24.2 Å². The number of anilines is 1. The maximum absolute atomic E-state index is 13.7. The molecule has 3 aromatic rings. The lowest BCUT2D eigenvalue weighted by Crippen LogP contribution is -2.27. The number of alkyl halides is 3. The van der Waals surface area contributed by atoms with Crippen LogP contribution < -0.4 is 10.2 Å². The van der Waals surface area contributed by atoms with Crippen LogP contribution in [0.4, 0.5) is 23.2 Å². The summed E-state index contributed by atoms with van der Waals surface area (Å²) >= 11 is 0. The van der Waals surface area contributed by atoms with Gasteiger partial charge in [0.15, 0.2) is 11.4 Å². The van der Waals surface area contributed by atoms with Crippen molar-refractivity contribution in [2.75, 3.05) is 11.4 Å². The van der Waals surface area contributed by atoms with Gasteiger partial charge in [0, 0.05) is 25.2 Å². The summed E-state index contributed by atoms with van der Waals surface area (Å²) in [7, 11) is 0. The molecule has 1 aliphatic heterocycles. The van der Waals surface area contributed by atoms with Crippen molar-refractivity contribution in [3.63, 3.8) is 0 Å². The van der Waals surface area contributed by atoms with E-state index in [1.54, 1.807) is 29.2 Å². The van der Waals surface area contributed by atoms with Crippen molar-refractivity contribution < 1.29 is 27.2 Å². The molecule has 0 radical (unpaired) electrons. The zero-order chi connectivity index (χ0) is 22.9. The standard InChI is InChI=1S/C21H17F4N5O2/c22-14-3-1-4-16(11-14)30-19(21(23,24)25)18(27-28-30)20(32)26-12-13-6-8-15(9-7-13)29-10-2-5-17(29)31/h1,3-4,6-9,11H,2,5,10,12H2,(H,26,32). The molecule has 7 nitrogen and oxygen atoms in total. The fourth-order valence-corrected chi connectivity index (χ4v) is 3.46. The number of nitrogens with zero attached hydrogens (tertiary/aromatic N) is 4. The van der Waals surface area contributed by atoms with Crippen molar-refractivity contribution in [1.82, 2.24) is 20.3 Å². The molecular formula is C21H17F4N5O2. The number of aromatic nitrogens is 3. The minimum Gasteiger partial charge on any atom is -0.346 e. The second kappa shape index (κ2) is 8.40. The highest BCUT2D eigenvalue weighted by atomic mass is 19.4. The Morgan fingerprint density at radius 2 is 1.84 bits per heavy atom. The highest BCUT2D eigenvalue weighted by molar-refractivity contribution is 5.95. The quantitative estimate of drug-likeness (QED) is 0.608. The topological polar surface area (TPSA) is 80.1 Å². The van der Waals surface area contributed by atoms with Gasteiger partial charge in [-0.15, -0.1) is 5.10 Å². The molecule has 11 heteroatoms. The molecule has 1 aromatic heterocycles. The van der Waals surface area contributed by atoms with Crippen molar-refractivity contribution >= 4 is 17.5 Å². The summed E-state index contributed by atoms with van der Waals surface area (Å²) in [5.74, 6) is -1.79. The predicted octanol–water partition coefficient (Wildman–Crippen LogP) is 3.48. The first-order valence-corrected chi connectivity index (χ1v) is 9.70. The Balaban J connectivity index is 1.52. The van der Waals surface area contributed by atoms with E-state index in [1.165, 1.54) is 12.1 Å². The van der Waals surface area contributed by atoms with Gasteiger partial charge in [0.1, 0.15) is 5.82 Å². The fraction of sp³-hybridized carbons (Fsp3) is 0.238. The molecule has 1 fully saturated rings. The van der Waals surface area contributed by atoms with Crippen LogP contribution in [-0.4, -0.2) is 33.4 Å². The third kappa shape index (κ3) is 4.32. The summed E-state index contributed by atoms with van der Waals surface area (Å²) in [6.07, 6.45) is -3.67. The third-order valence-electron chi connectivity index (χ3n) is 4.98. The monoisotopic (exact) mass is 447 g/mol. The minimum atomic E-state index is -4.95.